The summed E-state index contributed by atoms with van der Waals surface area (Å²) in [5.41, 5.74) is 2.12. The molecule has 3 aromatic rings. The number of fused-ring (bicyclic) bond motifs is 1. The van der Waals surface area contributed by atoms with Gasteiger partial charge in [-0.2, -0.15) is 5.10 Å². The van der Waals surface area contributed by atoms with E-state index in [1.54, 1.807) is 6.20 Å². The molecule has 1 aliphatic heterocycles. The summed E-state index contributed by atoms with van der Waals surface area (Å²) in [4.78, 5) is 17.3. The lowest BCUT2D eigenvalue weighted by Gasteiger charge is -2.35. The molecule has 1 atom stereocenters. The number of morpholine rings is 1. The van der Waals surface area contributed by atoms with Gasteiger partial charge in [-0.3, -0.25) is 9.89 Å². The van der Waals surface area contributed by atoms with Crippen LogP contribution < -0.4 is 10.6 Å². The molecule has 2 aromatic heterocycles. The molecule has 0 spiro atoms. The second-order valence-electron chi connectivity index (χ2n) is 8.33. The topological polar surface area (TPSA) is 91.9 Å². The van der Waals surface area contributed by atoms with Gasteiger partial charge in [0.1, 0.15) is 5.82 Å². The average Bonchev–Trinajstić information content (AvgIpc) is 3.34. The van der Waals surface area contributed by atoms with Crippen molar-refractivity contribution in [1.29, 1.82) is 0 Å². The van der Waals surface area contributed by atoms with Crippen molar-refractivity contribution in [3.63, 3.8) is 0 Å². The lowest BCUT2D eigenvalue weighted by atomic mass is 9.78. The zero-order valence-electron chi connectivity index (χ0n) is 16.9. The van der Waals surface area contributed by atoms with Crippen LogP contribution in [0.4, 0.5) is 5.82 Å². The molecule has 3 N–H and O–H groups in total. The standard InChI is InChI=1S/C23H27N5O2/c29-23(16-3-1-15(2-4-16)21-14-24-7-8-30-21)28-22-10-19-9-17(20-12-26-27-13-20)5-6-18(19)11-25-22/h5-6,9-13,15-16,21,24H,1-4,7-8,14H2,(H,26,27)(H,25,28,29). The third-order valence-electron chi connectivity index (χ3n) is 6.43. The SMILES string of the molecule is O=C(Nc1cc2cc(-c3cn[nH]c3)ccc2cn1)C1CCC(C2CNCCO2)CC1. The van der Waals surface area contributed by atoms with Crippen LogP contribution in [0.2, 0.25) is 0 Å². The van der Waals surface area contributed by atoms with Crippen molar-refractivity contribution in [1.82, 2.24) is 20.5 Å². The van der Waals surface area contributed by atoms with Gasteiger partial charge in [-0.05, 0) is 54.7 Å². The minimum atomic E-state index is 0.0487. The Morgan fingerprint density at radius 2 is 1.97 bits per heavy atom. The number of nitrogens with one attached hydrogen (secondary N) is 3. The molecule has 0 radical (unpaired) electrons. The van der Waals surface area contributed by atoms with E-state index in [4.69, 9.17) is 4.74 Å². The van der Waals surface area contributed by atoms with E-state index in [1.807, 2.05) is 24.5 Å². The van der Waals surface area contributed by atoms with Gasteiger partial charge in [-0.1, -0.05) is 12.1 Å². The smallest absolute Gasteiger partial charge is 0.228 e. The van der Waals surface area contributed by atoms with Crippen molar-refractivity contribution < 1.29 is 9.53 Å². The molecule has 1 aromatic carbocycles. The van der Waals surface area contributed by atoms with Gasteiger partial charge in [-0.25, -0.2) is 4.98 Å². The molecule has 1 amide bonds. The third kappa shape index (κ3) is 4.08. The van der Waals surface area contributed by atoms with Crippen molar-refractivity contribution in [2.24, 2.45) is 11.8 Å². The summed E-state index contributed by atoms with van der Waals surface area (Å²) in [7, 11) is 0. The number of ether oxygens (including phenoxy) is 1. The lowest BCUT2D eigenvalue weighted by molar-refractivity contribution is -0.121. The third-order valence-corrected chi connectivity index (χ3v) is 6.43. The fraction of sp³-hybridized carbons (Fsp3) is 0.435. The number of pyridine rings is 1. The number of anilines is 1. The second-order valence-corrected chi connectivity index (χ2v) is 8.33. The maximum Gasteiger partial charge on any atom is 0.228 e. The lowest BCUT2D eigenvalue weighted by Crippen LogP contribution is -2.44. The average molecular weight is 406 g/mol. The van der Waals surface area contributed by atoms with Gasteiger partial charge in [0.2, 0.25) is 5.91 Å². The molecule has 30 heavy (non-hydrogen) atoms. The number of carbonyl (C=O) groups excluding carboxylic acids is 1. The first kappa shape index (κ1) is 19.2. The number of hydrogen-bond acceptors (Lipinski definition) is 5. The van der Waals surface area contributed by atoms with Crippen molar-refractivity contribution in [3.05, 3.63) is 42.9 Å². The Morgan fingerprint density at radius 3 is 2.73 bits per heavy atom. The summed E-state index contributed by atoms with van der Waals surface area (Å²) >= 11 is 0. The van der Waals surface area contributed by atoms with E-state index in [2.05, 4.69) is 37.9 Å². The molecule has 156 valence electrons. The molecule has 1 aliphatic carbocycles. The molecular weight excluding hydrogens is 378 g/mol. The normalized spacial score (nSPS) is 24.6. The molecule has 3 heterocycles. The van der Waals surface area contributed by atoms with Crippen LogP contribution in [0.15, 0.2) is 42.9 Å². The molecule has 5 rings (SSSR count). The number of hydrogen-bond donors (Lipinski definition) is 3. The Kier molecular flexibility index (Phi) is 5.46. The van der Waals surface area contributed by atoms with Crippen LogP contribution in [-0.4, -0.2) is 46.9 Å². The summed E-state index contributed by atoms with van der Waals surface area (Å²) < 4.78 is 5.91. The fourth-order valence-corrected chi connectivity index (χ4v) is 4.67. The van der Waals surface area contributed by atoms with Crippen LogP contribution in [0.5, 0.6) is 0 Å². The van der Waals surface area contributed by atoms with Crippen LogP contribution in [0.3, 0.4) is 0 Å². The highest BCUT2D eigenvalue weighted by molar-refractivity contribution is 5.95. The Bertz CT molecular complexity index is 1010. The predicted molar refractivity (Wildman–Crippen MR) is 116 cm³/mol. The number of H-pyrrole nitrogens is 1. The second kappa shape index (κ2) is 8.53. The number of amides is 1. The zero-order chi connectivity index (χ0) is 20.3. The van der Waals surface area contributed by atoms with E-state index in [9.17, 15) is 4.79 Å². The maximum atomic E-state index is 12.8. The Labute approximate surface area is 175 Å². The number of nitrogens with zero attached hydrogens (tertiary/aromatic N) is 2. The van der Waals surface area contributed by atoms with Crippen molar-refractivity contribution >= 4 is 22.5 Å². The van der Waals surface area contributed by atoms with Crippen molar-refractivity contribution in [2.75, 3.05) is 25.0 Å². The van der Waals surface area contributed by atoms with Crippen LogP contribution in [0.25, 0.3) is 21.9 Å². The van der Waals surface area contributed by atoms with Gasteiger partial charge >= 0.3 is 0 Å². The van der Waals surface area contributed by atoms with E-state index < -0.39 is 0 Å². The van der Waals surface area contributed by atoms with E-state index in [0.717, 1.165) is 67.3 Å². The van der Waals surface area contributed by atoms with E-state index >= 15 is 0 Å². The van der Waals surface area contributed by atoms with Crippen LogP contribution in [-0.2, 0) is 9.53 Å². The molecule has 0 bridgehead atoms. The Morgan fingerprint density at radius 1 is 1.07 bits per heavy atom. The molecule has 1 unspecified atom stereocenters. The molecular formula is C23H27N5O2. The molecule has 1 saturated carbocycles. The number of benzene rings is 1. The van der Waals surface area contributed by atoms with E-state index in [-0.39, 0.29) is 11.8 Å². The fourth-order valence-electron chi connectivity index (χ4n) is 4.67. The van der Waals surface area contributed by atoms with Gasteiger partial charge in [0.15, 0.2) is 0 Å². The molecule has 1 saturated heterocycles. The first-order valence-corrected chi connectivity index (χ1v) is 10.8. The van der Waals surface area contributed by atoms with Gasteiger partial charge in [-0.15, -0.1) is 0 Å². The number of aromatic nitrogens is 3. The highest BCUT2D eigenvalue weighted by Gasteiger charge is 2.32. The summed E-state index contributed by atoms with van der Waals surface area (Å²) in [5, 5.41) is 15.4. The highest BCUT2D eigenvalue weighted by Crippen LogP contribution is 2.33. The van der Waals surface area contributed by atoms with Gasteiger partial charge < -0.3 is 15.4 Å². The summed E-state index contributed by atoms with van der Waals surface area (Å²) in [6.07, 6.45) is 9.70. The number of aromatic amines is 1. The minimum Gasteiger partial charge on any atom is -0.375 e. The molecule has 2 aliphatic rings. The summed E-state index contributed by atoms with van der Waals surface area (Å²) in [6, 6.07) is 8.14. The van der Waals surface area contributed by atoms with E-state index in [0.29, 0.717) is 17.8 Å². The Hall–Kier alpha value is -2.77. The quantitative estimate of drug-likeness (QED) is 0.619. The van der Waals surface area contributed by atoms with Crippen LogP contribution >= 0.6 is 0 Å². The molecule has 7 nitrogen and oxygen atoms in total. The van der Waals surface area contributed by atoms with Crippen molar-refractivity contribution in [3.8, 4) is 11.1 Å². The molecule has 2 fully saturated rings. The maximum absolute atomic E-state index is 12.8. The molecule has 7 heteroatoms. The van der Waals surface area contributed by atoms with Crippen LogP contribution in [0.1, 0.15) is 25.7 Å². The Balaban J connectivity index is 1.23. The van der Waals surface area contributed by atoms with Crippen LogP contribution in [0, 0.1) is 11.8 Å². The summed E-state index contributed by atoms with van der Waals surface area (Å²) in [6.45, 7) is 2.67. The first-order chi connectivity index (χ1) is 14.8. The number of rotatable bonds is 4. The summed E-state index contributed by atoms with van der Waals surface area (Å²) in [5.74, 6) is 1.29. The monoisotopic (exact) mass is 405 g/mol. The van der Waals surface area contributed by atoms with Gasteiger partial charge in [0.05, 0.1) is 18.9 Å². The minimum absolute atomic E-state index is 0.0487. The van der Waals surface area contributed by atoms with E-state index in [1.165, 1.54) is 0 Å². The highest BCUT2D eigenvalue weighted by atomic mass is 16.5. The van der Waals surface area contributed by atoms with Gasteiger partial charge in [0.25, 0.3) is 0 Å². The zero-order valence-corrected chi connectivity index (χ0v) is 16.9. The largest absolute Gasteiger partial charge is 0.375 e. The predicted octanol–water partition coefficient (Wildman–Crippen LogP) is 3.36. The number of carbonyl (C=O) groups is 1. The van der Waals surface area contributed by atoms with Crippen molar-refractivity contribution in [2.45, 2.75) is 31.8 Å². The first-order valence-electron chi connectivity index (χ1n) is 10.8. The van der Waals surface area contributed by atoms with Gasteiger partial charge in [0, 0.05) is 42.4 Å².